The van der Waals surface area contributed by atoms with Gasteiger partial charge in [-0.15, -0.1) is 0 Å². The van der Waals surface area contributed by atoms with E-state index in [-0.39, 0.29) is 43.5 Å². The van der Waals surface area contributed by atoms with Crippen LogP contribution in [-0.4, -0.2) is 92.6 Å². The van der Waals surface area contributed by atoms with E-state index in [2.05, 4.69) is 11.0 Å². The minimum Gasteiger partial charge on any atom is -0.442 e. The van der Waals surface area contributed by atoms with Crippen molar-refractivity contribution in [2.45, 2.75) is 12.5 Å². The Morgan fingerprint density at radius 1 is 1.34 bits per heavy atom. The van der Waals surface area contributed by atoms with E-state index in [1.54, 1.807) is 4.90 Å². The minimum absolute atomic E-state index is 0.0454. The van der Waals surface area contributed by atoms with Crippen LogP contribution in [0.4, 0.5) is 29.3 Å². The van der Waals surface area contributed by atoms with Crippen LogP contribution in [0.15, 0.2) is 18.2 Å². The van der Waals surface area contributed by atoms with Gasteiger partial charge in [0.05, 0.1) is 37.3 Å². The number of nitrogens with one attached hydrogen (secondary N) is 4. The van der Waals surface area contributed by atoms with Gasteiger partial charge in [0.2, 0.25) is 0 Å². The third-order valence-corrected chi connectivity index (χ3v) is 5.37. The highest BCUT2D eigenvalue weighted by atomic mass is 19.3. The fourth-order valence-electron chi connectivity index (χ4n) is 3.60. The summed E-state index contributed by atoms with van der Waals surface area (Å²) in [5.74, 6) is 2.82. The Kier molecular flexibility index (Phi) is 8.67. The maximum Gasteiger partial charge on any atom is 0.414 e. The summed E-state index contributed by atoms with van der Waals surface area (Å²) in [6, 6.07) is 4.18. The van der Waals surface area contributed by atoms with Crippen molar-refractivity contribution in [1.82, 2.24) is 26.3 Å². The first kappa shape index (κ1) is 26.0. The second-order valence-electron chi connectivity index (χ2n) is 7.62. The van der Waals surface area contributed by atoms with Crippen molar-refractivity contribution in [3.8, 4) is 0 Å². The number of nitrogens with two attached hydrogens (primary N) is 1. The van der Waals surface area contributed by atoms with Crippen molar-refractivity contribution in [3.63, 3.8) is 0 Å². The smallest absolute Gasteiger partial charge is 0.414 e. The molecule has 2 fully saturated rings. The molecule has 2 saturated heterocycles. The Labute approximate surface area is 198 Å². The number of cyclic esters (lactones) is 1. The Balaban J connectivity index is 1.60. The number of anilines is 2. The van der Waals surface area contributed by atoms with Crippen molar-refractivity contribution in [2.24, 2.45) is 5.84 Å². The molecule has 16 heteroatoms. The van der Waals surface area contributed by atoms with E-state index in [0.717, 1.165) is 22.3 Å². The summed E-state index contributed by atoms with van der Waals surface area (Å²) < 4.78 is 44.7. The number of carbonyl (C=O) groups is 3. The fraction of sp³-hybridized carbons (Fsp3) is 0.474. The van der Waals surface area contributed by atoms with Crippen molar-refractivity contribution in [2.75, 3.05) is 55.6 Å². The predicted octanol–water partition coefficient (Wildman–Crippen LogP) is -1.03. The highest BCUT2D eigenvalue weighted by molar-refractivity contribution is 5.90. The first-order chi connectivity index (χ1) is 16.7. The molecule has 13 nitrogen and oxygen atoms in total. The van der Waals surface area contributed by atoms with E-state index < -0.39 is 30.3 Å². The lowest BCUT2D eigenvalue weighted by molar-refractivity contribution is -0.134. The number of benzene rings is 1. The van der Waals surface area contributed by atoms with Gasteiger partial charge in [0.1, 0.15) is 18.5 Å². The summed E-state index contributed by atoms with van der Waals surface area (Å²) >= 11 is 0. The zero-order chi connectivity index (χ0) is 25.5. The molecule has 0 bridgehead atoms. The molecule has 2 aliphatic rings. The predicted molar refractivity (Wildman–Crippen MR) is 118 cm³/mol. The normalized spacial score (nSPS) is 18.4. The van der Waals surface area contributed by atoms with Crippen molar-refractivity contribution in [3.05, 3.63) is 24.0 Å². The molecule has 35 heavy (non-hydrogen) atoms. The monoisotopic (exact) mass is 501 g/mol. The molecule has 3 rings (SSSR count). The fourth-order valence-corrected chi connectivity index (χ4v) is 3.60. The number of ether oxygens (including phenoxy) is 1. The first-order valence-electron chi connectivity index (χ1n) is 10.6. The van der Waals surface area contributed by atoms with Crippen LogP contribution in [0.2, 0.25) is 0 Å². The Bertz CT molecular complexity index is 954. The summed E-state index contributed by atoms with van der Waals surface area (Å²) in [7, 11) is 0. The number of hydrogen-bond acceptors (Lipinski definition) is 9. The molecule has 2 aliphatic heterocycles. The molecule has 2 heterocycles. The van der Waals surface area contributed by atoms with Gasteiger partial charge in [0.25, 0.3) is 11.8 Å². The molecular formula is C19H26F3N9O4. The highest BCUT2D eigenvalue weighted by Gasteiger charge is 2.33. The SMILES string of the molecule is N=CN(CC(=O)N1CCN(c2ccc(N3C[C@H](CNC(=O)C(F)F)OC3=O)cc2F)CCN1)NN. The molecule has 0 aliphatic carbocycles. The van der Waals surface area contributed by atoms with Gasteiger partial charge in [-0.05, 0) is 18.2 Å². The molecule has 3 amide bonds. The second-order valence-corrected chi connectivity index (χ2v) is 7.62. The third kappa shape index (κ3) is 6.49. The van der Waals surface area contributed by atoms with Gasteiger partial charge in [0.15, 0.2) is 0 Å². The standard InChI is InChI=1S/C19H26F3N9O4/c20-14-7-12(30-9-13(35-19(30)34)8-25-18(33)17(21)22)1-2-15(14)28-4-3-26-31(6-5-28)16(32)10-29(11-23)27-24/h1-2,7,11,13,17,23,26-27H,3-6,8-10,24H2,(H,25,33)/t13-/m0/s1. The van der Waals surface area contributed by atoms with E-state index in [9.17, 15) is 27.6 Å². The molecular weight excluding hydrogens is 475 g/mol. The Hall–Kier alpha value is -3.63. The lowest BCUT2D eigenvalue weighted by atomic mass is 10.2. The van der Waals surface area contributed by atoms with Crippen LogP contribution >= 0.6 is 0 Å². The first-order valence-corrected chi connectivity index (χ1v) is 10.6. The van der Waals surface area contributed by atoms with E-state index in [1.807, 2.05) is 5.32 Å². The second kappa shape index (κ2) is 11.7. The topological polar surface area (TPSA) is 159 Å². The third-order valence-electron chi connectivity index (χ3n) is 5.37. The molecule has 0 radical (unpaired) electrons. The van der Waals surface area contributed by atoms with Crippen LogP contribution in [0.25, 0.3) is 0 Å². The summed E-state index contributed by atoms with van der Waals surface area (Å²) in [5.41, 5.74) is 5.63. The van der Waals surface area contributed by atoms with E-state index in [4.69, 9.17) is 16.0 Å². The number of halogens is 3. The maximum absolute atomic E-state index is 15.0. The average Bonchev–Trinajstić information content (AvgIpc) is 3.04. The van der Waals surface area contributed by atoms with Crippen LogP contribution in [-0.2, 0) is 14.3 Å². The van der Waals surface area contributed by atoms with Gasteiger partial charge in [-0.2, -0.15) is 14.3 Å². The summed E-state index contributed by atoms with van der Waals surface area (Å²) in [4.78, 5) is 38.4. The van der Waals surface area contributed by atoms with E-state index in [0.29, 0.717) is 19.6 Å². The summed E-state index contributed by atoms with van der Waals surface area (Å²) in [5, 5.41) is 11.6. The van der Waals surface area contributed by atoms with Gasteiger partial charge in [0, 0.05) is 19.6 Å². The average molecular weight is 501 g/mol. The van der Waals surface area contributed by atoms with Crippen LogP contribution in [0.3, 0.4) is 0 Å². The largest absolute Gasteiger partial charge is 0.442 e. The van der Waals surface area contributed by atoms with Gasteiger partial charge in [-0.3, -0.25) is 35.8 Å². The molecule has 0 saturated carbocycles. The molecule has 1 aromatic rings. The van der Waals surface area contributed by atoms with E-state index in [1.165, 1.54) is 17.1 Å². The molecule has 6 N–H and O–H groups in total. The number of nitrogens with zero attached hydrogens (tertiary/aromatic N) is 4. The minimum atomic E-state index is -3.18. The lowest BCUT2D eigenvalue weighted by Gasteiger charge is -2.25. The Morgan fingerprint density at radius 3 is 2.77 bits per heavy atom. The number of rotatable bonds is 9. The van der Waals surface area contributed by atoms with Crippen molar-refractivity contribution >= 4 is 35.6 Å². The van der Waals surface area contributed by atoms with Gasteiger partial charge >= 0.3 is 12.5 Å². The number of hydrazine groups is 3. The van der Waals surface area contributed by atoms with Gasteiger partial charge < -0.3 is 15.0 Å². The quantitative estimate of drug-likeness (QED) is 0.123. The molecule has 0 unspecified atom stereocenters. The molecule has 0 aromatic heterocycles. The molecule has 192 valence electrons. The van der Waals surface area contributed by atoms with Crippen LogP contribution in [0.1, 0.15) is 0 Å². The number of alkyl halides is 2. The zero-order valence-corrected chi connectivity index (χ0v) is 18.5. The number of amides is 3. The number of carbonyl (C=O) groups excluding carboxylic acids is 3. The summed E-state index contributed by atoms with van der Waals surface area (Å²) in [6.07, 6.45) is -3.95. The highest BCUT2D eigenvalue weighted by Crippen LogP contribution is 2.28. The van der Waals surface area contributed by atoms with Crippen LogP contribution in [0, 0.1) is 11.2 Å². The van der Waals surface area contributed by atoms with Crippen LogP contribution in [0.5, 0.6) is 0 Å². The summed E-state index contributed by atoms with van der Waals surface area (Å²) in [6.45, 7) is 0.777. The molecule has 0 spiro atoms. The van der Waals surface area contributed by atoms with E-state index >= 15 is 0 Å². The van der Waals surface area contributed by atoms with Crippen molar-refractivity contribution in [1.29, 1.82) is 5.41 Å². The molecule has 1 atom stereocenters. The Morgan fingerprint density at radius 2 is 2.11 bits per heavy atom. The zero-order valence-electron chi connectivity index (χ0n) is 18.5. The molecule has 1 aromatic carbocycles. The van der Waals surface area contributed by atoms with Gasteiger partial charge in [-0.1, -0.05) is 0 Å². The lowest BCUT2D eigenvalue weighted by Crippen LogP contribution is -2.52. The maximum atomic E-state index is 15.0. The van der Waals surface area contributed by atoms with Crippen LogP contribution < -0.4 is 31.9 Å². The van der Waals surface area contributed by atoms with Crippen molar-refractivity contribution < 1.29 is 32.3 Å². The number of hydrogen-bond donors (Lipinski definition) is 5. The van der Waals surface area contributed by atoms with Gasteiger partial charge in [-0.25, -0.2) is 14.6 Å².